The Labute approximate surface area is 140 Å². The Hall–Kier alpha value is -3.30. The van der Waals surface area contributed by atoms with E-state index in [1.165, 1.54) is 36.8 Å². The molecule has 128 valence electrons. The third-order valence-electron chi connectivity index (χ3n) is 3.11. The standard InChI is InChI=1S/C15H12F3N7/c16-15(17,18)10-7-12(22-8-13-21-6-3-11(19)24-13)25-14(23-10)9-1-4-20-5-2-9/h1-7H,8H2,(H2,19,21,24)(H,22,23,25). The second-order valence-corrected chi connectivity index (χ2v) is 4.95. The van der Waals surface area contributed by atoms with Gasteiger partial charge in [-0.2, -0.15) is 13.2 Å². The summed E-state index contributed by atoms with van der Waals surface area (Å²) in [7, 11) is 0. The van der Waals surface area contributed by atoms with Crippen LogP contribution < -0.4 is 11.1 Å². The molecule has 0 spiro atoms. The zero-order valence-corrected chi connectivity index (χ0v) is 12.7. The molecule has 0 unspecified atom stereocenters. The first-order chi connectivity index (χ1) is 11.9. The van der Waals surface area contributed by atoms with Gasteiger partial charge in [-0.3, -0.25) is 4.98 Å². The fourth-order valence-electron chi connectivity index (χ4n) is 1.98. The number of rotatable bonds is 4. The molecule has 0 aliphatic rings. The Morgan fingerprint density at radius 3 is 2.44 bits per heavy atom. The van der Waals surface area contributed by atoms with E-state index in [4.69, 9.17) is 5.73 Å². The lowest BCUT2D eigenvalue weighted by Crippen LogP contribution is -2.13. The van der Waals surface area contributed by atoms with Gasteiger partial charge in [0.25, 0.3) is 0 Å². The van der Waals surface area contributed by atoms with Gasteiger partial charge in [0.2, 0.25) is 0 Å². The third kappa shape index (κ3) is 4.16. The number of halogens is 3. The number of aromatic nitrogens is 5. The number of hydrogen-bond acceptors (Lipinski definition) is 7. The third-order valence-corrected chi connectivity index (χ3v) is 3.11. The van der Waals surface area contributed by atoms with Gasteiger partial charge < -0.3 is 11.1 Å². The molecule has 0 aromatic carbocycles. The van der Waals surface area contributed by atoms with Crippen molar-refractivity contribution in [3.05, 3.63) is 54.4 Å². The Morgan fingerprint density at radius 1 is 1.00 bits per heavy atom. The van der Waals surface area contributed by atoms with Crippen LogP contribution in [0.4, 0.5) is 24.8 Å². The van der Waals surface area contributed by atoms with Gasteiger partial charge in [-0.15, -0.1) is 0 Å². The zero-order chi connectivity index (χ0) is 17.9. The van der Waals surface area contributed by atoms with Crippen LogP contribution in [-0.2, 0) is 12.7 Å². The maximum Gasteiger partial charge on any atom is 0.433 e. The van der Waals surface area contributed by atoms with Crippen molar-refractivity contribution in [1.82, 2.24) is 24.9 Å². The highest BCUT2D eigenvalue weighted by molar-refractivity contribution is 5.57. The first kappa shape index (κ1) is 16.6. The molecule has 0 saturated heterocycles. The van der Waals surface area contributed by atoms with Crippen molar-refractivity contribution in [2.75, 3.05) is 11.1 Å². The lowest BCUT2D eigenvalue weighted by atomic mass is 10.2. The van der Waals surface area contributed by atoms with E-state index in [0.717, 1.165) is 6.07 Å². The second-order valence-electron chi connectivity index (χ2n) is 4.95. The van der Waals surface area contributed by atoms with Crippen molar-refractivity contribution in [2.24, 2.45) is 0 Å². The Morgan fingerprint density at radius 2 is 1.76 bits per heavy atom. The van der Waals surface area contributed by atoms with Crippen LogP contribution in [0, 0.1) is 0 Å². The summed E-state index contributed by atoms with van der Waals surface area (Å²) in [6.07, 6.45) is -0.239. The number of nitrogens with one attached hydrogen (secondary N) is 1. The van der Waals surface area contributed by atoms with Gasteiger partial charge >= 0.3 is 6.18 Å². The molecule has 0 atom stereocenters. The average molecular weight is 347 g/mol. The van der Waals surface area contributed by atoms with E-state index in [0.29, 0.717) is 11.4 Å². The smallest absolute Gasteiger partial charge is 0.384 e. The van der Waals surface area contributed by atoms with Crippen molar-refractivity contribution < 1.29 is 13.2 Å². The minimum atomic E-state index is -4.60. The van der Waals surface area contributed by atoms with Crippen molar-refractivity contribution in [1.29, 1.82) is 0 Å². The highest BCUT2D eigenvalue weighted by Gasteiger charge is 2.33. The summed E-state index contributed by atoms with van der Waals surface area (Å²) in [5, 5.41) is 2.76. The van der Waals surface area contributed by atoms with Gasteiger partial charge in [0.05, 0.1) is 6.54 Å². The summed E-state index contributed by atoms with van der Waals surface area (Å²) in [6, 6.07) is 5.40. The summed E-state index contributed by atoms with van der Waals surface area (Å²) in [5.74, 6) is 0.536. The van der Waals surface area contributed by atoms with E-state index in [1.54, 1.807) is 0 Å². The normalized spacial score (nSPS) is 11.3. The van der Waals surface area contributed by atoms with Crippen molar-refractivity contribution in [3.8, 4) is 11.4 Å². The summed E-state index contributed by atoms with van der Waals surface area (Å²) in [6.45, 7) is 0.0646. The molecule has 3 aromatic rings. The van der Waals surface area contributed by atoms with Gasteiger partial charge in [0.15, 0.2) is 11.5 Å². The fraction of sp³-hybridized carbons (Fsp3) is 0.133. The summed E-state index contributed by atoms with van der Waals surface area (Å²) in [5.41, 5.74) is 4.92. The molecule has 0 fully saturated rings. The molecule has 3 heterocycles. The number of alkyl halides is 3. The number of pyridine rings is 1. The van der Waals surface area contributed by atoms with Crippen molar-refractivity contribution >= 4 is 11.6 Å². The number of nitrogen functional groups attached to an aromatic ring is 1. The van der Waals surface area contributed by atoms with Crippen LogP contribution in [0.25, 0.3) is 11.4 Å². The molecule has 0 aliphatic heterocycles. The molecule has 7 nitrogen and oxygen atoms in total. The molecular weight excluding hydrogens is 335 g/mol. The molecule has 0 aliphatic carbocycles. The van der Waals surface area contributed by atoms with E-state index in [-0.39, 0.29) is 24.0 Å². The topological polar surface area (TPSA) is 102 Å². The van der Waals surface area contributed by atoms with Crippen LogP contribution >= 0.6 is 0 Å². The molecular formula is C15H12F3N7. The zero-order valence-electron chi connectivity index (χ0n) is 12.7. The summed E-state index contributed by atoms with van der Waals surface area (Å²) in [4.78, 5) is 19.5. The van der Waals surface area contributed by atoms with E-state index in [2.05, 4.69) is 30.2 Å². The molecule has 3 rings (SSSR count). The van der Waals surface area contributed by atoms with Gasteiger partial charge in [-0.25, -0.2) is 19.9 Å². The van der Waals surface area contributed by atoms with Crippen molar-refractivity contribution in [2.45, 2.75) is 12.7 Å². The van der Waals surface area contributed by atoms with E-state index >= 15 is 0 Å². The summed E-state index contributed by atoms with van der Waals surface area (Å²) < 4.78 is 39.3. The maximum absolute atomic E-state index is 13.1. The lowest BCUT2D eigenvalue weighted by molar-refractivity contribution is -0.141. The quantitative estimate of drug-likeness (QED) is 0.747. The number of hydrogen-bond donors (Lipinski definition) is 2. The predicted octanol–water partition coefficient (Wildman–Crippen LogP) is 2.54. The van der Waals surface area contributed by atoms with Crippen LogP contribution in [0.3, 0.4) is 0 Å². The van der Waals surface area contributed by atoms with Crippen LogP contribution in [0.1, 0.15) is 11.5 Å². The lowest BCUT2D eigenvalue weighted by Gasteiger charge is -2.11. The Kier molecular flexibility index (Phi) is 4.42. The Balaban J connectivity index is 1.92. The molecule has 0 bridgehead atoms. The maximum atomic E-state index is 13.1. The van der Waals surface area contributed by atoms with Crippen LogP contribution in [0.5, 0.6) is 0 Å². The molecule has 10 heteroatoms. The number of nitrogens with zero attached hydrogens (tertiary/aromatic N) is 5. The summed E-state index contributed by atoms with van der Waals surface area (Å²) >= 11 is 0. The Bertz CT molecular complexity index is 868. The minimum absolute atomic E-state index is 0.000150. The average Bonchev–Trinajstić information content (AvgIpc) is 2.60. The van der Waals surface area contributed by atoms with Gasteiger partial charge in [0.1, 0.15) is 17.5 Å². The first-order valence-corrected chi connectivity index (χ1v) is 7.10. The monoisotopic (exact) mass is 347 g/mol. The predicted molar refractivity (Wildman–Crippen MR) is 84.0 cm³/mol. The minimum Gasteiger partial charge on any atom is -0.384 e. The molecule has 0 saturated carbocycles. The first-order valence-electron chi connectivity index (χ1n) is 7.10. The highest BCUT2D eigenvalue weighted by atomic mass is 19.4. The van der Waals surface area contributed by atoms with Gasteiger partial charge in [-0.1, -0.05) is 0 Å². The van der Waals surface area contributed by atoms with Crippen molar-refractivity contribution in [3.63, 3.8) is 0 Å². The van der Waals surface area contributed by atoms with Gasteiger partial charge in [-0.05, 0) is 18.2 Å². The largest absolute Gasteiger partial charge is 0.433 e. The highest BCUT2D eigenvalue weighted by Crippen LogP contribution is 2.30. The number of nitrogens with two attached hydrogens (primary N) is 1. The molecule has 25 heavy (non-hydrogen) atoms. The van der Waals surface area contributed by atoms with E-state index < -0.39 is 11.9 Å². The molecule has 3 N–H and O–H groups in total. The van der Waals surface area contributed by atoms with Crippen LogP contribution in [0.2, 0.25) is 0 Å². The molecule has 0 radical (unpaired) electrons. The molecule has 0 amide bonds. The SMILES string of the molecule is Nc1ccnc(CNc2cc(C(F)(F)F)nc(-c3ccncc3)n2)n1. The number of anilines is 2. The van der Waals surface area contributed by atoms with Gasteiger partial charge in [0, 0.05) is 30.2 Å². The van der Waals surface area contributed by atoms with Crippen LogP contribution in [-0.4, -0.2) is 24.9 Å². The van der Waals surface area contributed by atoms with E-state index in [9.17, 15) is 13.2 Å². The second kappa shape index (κ2) is 6.67. The fourth-order valence-corrected chi connectivity index (χ4v) is 1.98. The van der Waals surface area contributed by atoms with E-state index in [1.807, 2.05) is 0 Å². The van der Waals surface area contributed by atoms with Crippen LogP contribution in [0.15, 0.2) is 42.9 Å². The molecule has 3 aromatic heterocycles.